The van der Waals surface area contributed by atoms with E-state index in [1.807, 2.05) is 0 Å². The highest BCUT2D eigenvalue weighted by Crippen LogP contribution is 2.43. The molecule has 5 heteroatoms. The van der Waals surface area contributed by atoms with Crippen molar-refractivity contribution in [3.8, 4) is 0 Å². The summed E-state index contributed by atoms with van der Waals surface area (Å²) in [7, 11) is 0. The van der Waals surface area contributed by atoms with Crippen LogP contribution in [0.25, 0.3) is 0 Å². The fourth-order valence-electron chi connectivity index (χ4n) is 1.44. The van der Waals surface area contributed by atoms with E-state index in [0.717, 1.165) is 28.8 Å². The third-order valence-corrected chi connectivity index (χ3v) is 3.60. The van der Waals surface area contributed by atoms with E-state index in [4.69, 9.17) is 11.6 Å². The summed E-state index contributed by atoms with van der Waals surface area (Å²) < 4.78 is 0.890. The largest absolute Gasteiger partial charge is 0.236 e. The Morgan fingerprint density at radius 1 is 1.40 bits per heavy atom. The summed E-state index contributed by atoms with van der Waals surface area (Å²) in [6, 6.07) is 0. The molecule has 1 aliphatic carbocycles. The molecule has 0 amide bonds. The Labute approximate surface area is 107 Å². The van der Waals surface area contributed by atoms with Gasteiger partial charge >= 0.3 is 0 Å². The zero-order valence-electron chi connectivity index (χ0n) is 8.76. The molecule has 2 rings (SSSR count). The minimum Gasteiger partial charge on any atom is -0.236 e. The minimum atomic E-state index is 0. The van der Waals surface area contributed by atoms with Crippen molar-refractivity contribution in [1.29, 1.82) is 0 Å². The Morgan fingerprint density at radius 3 is 2.60 bits per heavy atom. The van der Waals surface area contributed by atoms with Crippen LogP contribution in [-0.4, -0.2) is 9.97 Å². The summed E-state index contributed by atoms with van der Waals surface area (Å²) in [6.45, 7) is 2.12. The molecular formula is C10H15BrClN2P. The van der Waals surface area contributed by atoms with Gasteiger partial charge in [-0.15, -0.1) is 0 Å². The van der Waals surface area contributed by atoms with Crippen LogP contribution in [0.2, 0.25) is 5.15 Å². The van der Waals surface area contributed by atoms with Gasteiger partial charge in [-0.05, 0) is 35.2 Å². The topological polar surface area (TPSA) is 25.8 Å². The van der Waals surface area contributed by atoms with Crippen molar-refractivity contribution < 1.29 is 0 Å². The number of hydrogen-bond donors (Lipinski definition) is 0. The SMILES string of the molecule is CCCc1nc(Cl)c(Br)c(C2CC2)n1.P. The van der Waals surface area contributed by atoms with E-state index in [2.05, 4.69) is 32.8 Å². The average Bonchev–Trinajstić information content (AvgIpc) is 2.94. The zero-order valence-corrected chi connectivity index (χ0v) is 12.5. The highest BCUT2D eigenvalue weighted by molar-refractivity contribution is 9.10. The fraction of sp³-hybridized carbons (Fsp3) is 0.600. The molecule has 1 aromatic rings. The highest BCUT2D eigenvalue weighted by Gasteiger charge is 2.28. The van der Waals surface area contributed by atoms with E-state index < -0.39 is 0 Å². The maximum Gasteiger partial charge on any atom is 0.147 e. The number of hydrogen-bond acceptors (Lipinski definition) is 2. The lowest BCUT2D eigenvalue weighted by atomic mass is 10.2. The highest BCUT2D eigenvalue weighted by atomic mass is 79.9. The Balaban J connectivity index is 0.00000112. The first-order valence-corrected chi connectivity index (χ1v) is 6.11. The van der Waals surface area contributed by atoms with Crippen molar-refractivity contribution in [1.82, 2.24) is 9.97 Å². The summed E-state index contributed by atoms with van der Waals surface area (Å²) in [5, 5.41) is 0.561. The second kappa shape index (κ2) is 5.56. The second-order valence-electron chi connectivity index (χ2n) is 3.65. The fourth-order valence-corrected chi connectivity index (χ4v) is 2.14. The van der Waals surface area contributed by atoms with Crippen molar-refractivity contribution in [3.05, 3.63) is 21.1 Å². The van der Waals surface area contributed by atoms with E-state index in [1.54, 1.807) is 0 Å². The summed E-state index contributed by atoms with van der Waals surface area (Å²) in [5.74, 6) is 1.49. The van der Waals surface area contributed by atoms with Gasteiger partial charge in [0.2, 0.25) is 0 Å². The van der Waals surface area contributed by atoms with Crippen molar-refractivity contribution in [2.45, 2.75) is 38.5 Å². The van der Waals surface area contributed by atoms with E-state index in [-0.39, 0.29) is 9.90 Å². The Bertz CT molecular complexity index is 356. The van der Waals surface area contributed by atoms with Crippen LogP contribution in [0, 0.1) is 0 Å². The molecule has 0 bridgehead atoms. The Kier molecular flexibility index (Phi) is 4.95. The van der Waals surface area contributed by atoms with Crippen LogP contribution < -0.4 is 0 Å². The molecule has 0 N–H and O–H groups in total. The summed E-state index contributed by atoms with van der Waals surface area (Å²) in [5.41, 5.74) is 1.11. The summed E-state index contributed by atoms with van der Waals surface area (Å²) >= 11 is 9.48. The lowest BCUT2D eigenvalue weighted by Gasteiger charge is -2.06. The van der Waals surface area contributed by atoms with Crippen LogP contribution in [-0.2, 0) is 6.42 Å². The van der Waals surface area contributed by atoms with Gasteiger partial charge in [-0.1, -0.05) is 18.5 Å². The van der Waals surface area contributed by atoms with Gasteiger partial charge < -0.3 is 0 Å². The van der Waals surface area contributed by atoms with Crippen LogP contribution >= 0.6 is 37.4 Å². The maximum atomic E-state index is 6.03. The van der Waals surface area contributed by atoms with Gasteiger partial charge in [-0.2, -0.15) is 9.90 Å². The van der Waals surface area contributed by atoms with Crippen LogP contribution in [0.4, 0.5) is 0 Å². The van der Waals surface area contributed by atoms with E-state index in [0.29, 0.717) is 11.1 Å². The van der Waals surface area contributed by atoms with Crippen LogP contribution in [0.5, 0.6) is 0 Å². The molecule has 0 radical (unpaired) electrons. The van der Waals surface area contributed by atoms with Crippen molar-refractivity contribution in [2.24, 2.45) is 0 Å². The standard InChI is InChI=1S/C10H12BrClN2.H3P/c1-2-3-7-13-9(6-4-5-6)8(11)10(12)14-7;/h6H,2-5H2,1H3;1H3. The van der Waals surface area contributed by atoms with Gasteiger partial charge in [0.05, 0.1) is 10.2 Å². The molecule has 84 valence electrons. The van der Waals surface area contributed by atoms with Crippen LogP contribution in [0.1, 0.15) is 43.6 Å². The average molecular weight is 310 g/mol. The first-order valence-electron chi connectivity index (χ1n) is 4.94. The van der Waals surface area contributed by atoms with Crippen molar-refractivity contribution in [3.63, 3.8) is 0 Å². The number of aryl methyl sites for hydroxylation is 1. The molecule has 1 unspecified atom stereocenters. The smallest absolute Gasteiger partial charge is 0.147 e. The third kappa shape index (κ3) is 3.12. The molecule has 1 saturated carbocycles. The number of nitrogens with zero attached hydrogens (tertiary/aromatic N) is 2. The lowest BCUT2D eigenvalue weighted by molar-refractivity contribution is 0.807. The summed E-state index contributed by atoms with van der Waals surface area (Å²) in [4.78, 5) is 8.78. The van der Waals surface area contributed by atoms with Gasteiger partial charge in [0.1, 0.15) is 11.0 Å². The molecule has 0 aliphatic heterocycles. The number of halogens is 2. The monoisotopic (exact) mass is 308 g/mol. The third-order valence-electron chi connectivity index (χ3n) is 2.32. The van der Waals surface area contributed by atoms with Gasteiger partial charge in [0.25, 0.3) is 0 Å². The molecule has 1 aliphatic rings. The lowest BCUT2D eigenvalue weighted by Crippen LogP contribution is -2.00. The Morgan fingerprint density at radius 2 is 2.07 bits per heavy atom. The maximum absolute atomic E-state index is 6.03. The number of aromatic nitrogens is 2. The van der Waals surface area contributed by atoms with E-state index in [9.17, 15) is 0 Å². The van der Waals surface area contributed by atoms with Crippen molar-refractivity contribution in [2.75, 3.05) is 0 Å². The van der Waals surface area contributed by atoms with E-state index in [1.165, 1.54) is 12.8 Å². The van der Waals surface area contributed by atoms with Crippen LogP contribution in [0.15, 0.2) is 4.47 Å². The van der Waals surface area contributed by atoms with Gasteiger partial charge in [-0.3, -0.25) is 0 Å². The first kappa shape index (κ1) is 13.3. The molecule has 0 aromatic carbocycles. The summed E-state index contributed by atoms with van der Waals surface area (Å²) in [6.07, 6.45) is 4.43. The molecule has 1 fully saturated rings. The Hall–Kier alpha value is 0.280. The second-order valence-corrected chi connectivity index (χ2v) is 4.81. The van der Waals surface area contributed by atoms with E-state index >= 15 is 0 Å². The predicted molar refractivity (Wildman–Crippen MR) is 71.8 cm³/mol. The quantitative estimate of drug-likeness (QED) is 0.627. The van der Waals surface area contributed by atoms with Gasteiger partial charge in [0, 0.05) is 12.3 Å². The van der Waals surface area contributed by atoms with Crippen LogP contribution in [0.3, 0.4) is 0 Å². The minimum absolute atomic E-state index is 0. The normalized spacial score (nSPS) is 14.9. The molecule has 1 heterocycles. The molecular weight excluding hydrogens is 294 g/mol. The molecule has 2 nitrogen and oxygen atoms in total. The molecule has 0 spiro atoms. The molecule has 1 atom stereocenters. The molecule has 0 saturated heterocycles. The number of rotatable bonds is 3. The van der Waals surface area contributed by atoms with Gasteiger partial charge in [0.15, 0.2) is 0 Å². The molecule has 1 aromatic heterocycles. The zero-order chi connectivity index (χ0) is 10.1. The van der Waals surface area contributed by atoms with Gasteiger partial charge in [-0.25, -0.2) is 9.97 Å². The van der Waals surface area contributed by atoms with Crippen molar-refractivity contribution >= 4 is 37.4 Å². The molecule has 15 heavy (non-hydrogen) atoms. The first-order chi connectivity index (χ1) is 6.72. The predicted octanol–water partition coefficient (Wildman–Crippen LogP) is 3.78.